The van der Waals surface area contributed by atoms with Crippen LogP contribution in [0.5, 0.6) is 0 Å². The first kappa shape index (κ1) is 64.7. The zero-order valence-corrected chi connectivity index (χ0v) is 44.5. The lowest BCUT2D eigenvalue weighted by Crippen LogP contribution is -2.40. The van der Waals surface area contributed by atoms with Gasteiger partial charge in [0.15, 0.2) is 6.10 Å². The SMILES string of the molecule is CC/C=C\C/C=C\C/C=C\C/C=C\C/C=C\C/C=C\CCCCCCC(=O)OC(COC(=O)CCCCCCCCCCCCCCCCCCCCCC)COC(OCC[N+](C)(C)C)C(=O)O. The standard InChI is InChI=1S/C59H103NO8/c1-6-8-10-12-14-16-18-20-22-24-26-28-29-30-32-34-36-38-40-42-44-46-48-50-57(62)68-55(54-67-59(58(63)64)65-52-51-60(3,4)5)53-66-56(61)49-47-45-43-41-39-37-35-33-31-27-25-23-21-19-17-15-13-11-9-7-2/h8,10,14,16,20,22,26,28,30,32,36,38,55,59H,6-7,9,11-13,15,17-19,21,23-25,27,29,31,33-35,37,39-54H2,1-5H3/p+1/b10-8-,16-14-,22-20-,28-26-,32-30-,38-36-. The van der Waals surface area contributed by atoms with Crippen molar-refractivity contribution in [3.63, 3.8) is 0 Å². The number of nitrogens with zero attached hydrogens (tertiary/aromatic N) is 1. The Morgan fingerprint density at radius 2 is 0.838 bits per heavy atom. The number of esters is 2. The van der Waals surface area contributed by atoms with E-state index in [2.05, 4.69) is 86.8 Å². The second-order valence-electron chi connectivity index (χ2n) is 19.5. The van der Waals surface area contributed by atoms with Crippen LogP contribution in [0.2, 0.25) is 0 Å². The topological polar surface area (TPSA) is 108 Å². The third kappa shape index (κ3) is 50.6. The van der Waals surface area contributed by atoms with Crippen LogP contribution in [0.3, 0.4) is 0 Å². The van der Waals surface area contributed by atoms with Crippen LogP contribution in [0.1, 0.15) is 226 Å². The van der Waals surface area contributed by atoms with Crippen LogP contribution >= 0.6 is 0 Å². The van der Waals surface area contributed by atoms with Gasteiger partial charge < -0.3 is 28.5 Å². The molecule has 9 heteroatoms. The zero-order chi connectivity index (χ0) is 49.9. The summed E-state index contributed by atoms with van der Waals surface area (Å²) in [6.07, 6.45) is 61.1. The van der Waals surface area contributed by atoms with Crippen molar-refractivity contribution in [2.24, 2.45) is 0 Å². The number of likely N-dealkylation sites (N-methyl/N-ethyl adjacent to an activating group) is 1. The average Bonchev–Trinajstić information content (AvgIpc) is 3.30. The van der Waals surface area contributed by atoms with Gasteiger partial charge in [0.05, 0.1) is 34.4 Å². The van der Waals surface area contributed by atoms with Crippen molar-refractivity contribution in [1.29, 1.82) is 0 Å². The molecule has 68 heavy (non-hydrogen) atoms. The Kier molecular flexibility index (Phi) is 47.7. The van der Waals surface area contributed by atoms with Gasteiger partial charge in [0.1, 0.15) is 13.2 Å². The van der Waals surface area contributed by atoms with Gasteiger partial charge >= 0.3 is 17.9 Å². The Bertz CT molecular complexity index is 1340. The number of rotatable bonds is 50. The highest BCUT2D eigenvalue weighted by Gasteiger charge is 2.25. The summed E-state index contributed by atoms with van der Waals surface area (Å²) < 4.78 is 22.8. The molecular formula is C59H104NO8+. The minimum atomic E-state index is -1.52. The lowest BCUT2D eigenvalue weighted by Gasteiger charge is -2.25. The lowest BCUT2D eigenvalue weighted by molar-refractivity contribution is -0.870. The van der Waals surface area contributed by atoms with Gasteiger partial charge in [-0.05, 0) is 64.2 Å². The van der Waals surface area contributed by atoms with E-state index < -0.39 is 24.3 Å². The van der Waals surface area contributed by atoms with E-state index in [1.807, 2.05) is 21.1 Å². The molecule has 0 amide bonds. The molecule has 0 aliphatic carbocycles. The molecule has 0 saturated heterocycles. The number of quaternary nitrogens is 1. The van der Waals surface area contributed by atoms with Crippen LogP contribution in [0.15, 0.2) is 72.9 Å². The number of hydrogen-bond acceptors (Lipinski definition) is 7. The maximum Gasteiger partial charge on any atom is 0.361 e. The van der Waals surface area contributed by atoms with E-state index in [0.29, 0.717) is 23.9 Å². The fraction of sp³-hybridized carbons (Fsp3) is 0.746. The fourth-order valence-electron chi connectivity index (χ4n) is 7.49. The minimum absolute atomic E-state index is 0.180. The van der Waals surface area contributed by atoms with Gasteiger partial charge in [-0.1, -0.05) is 222 Å². The summed E-state index contributed by atoms with van der Waals surface area (Å²) in [4.78, 5) is 37.4. The maximum absolute atomic E-state index is 12.8. The summed E-state index contributed by atoms with van der Waals surface area (Å²) in [5.41, 5.74) is 0. The summed E-state index contributed by atoms with van der Waals surface area (Å²) in [6, 6.07) is 0. The molecule has 0 aliphatic rings. The van der Waals surface area contributed by atoms with E-state index in [4.69, 9.17) is 18.9 Å². The predicted molar refractivity (Wildman–Crippen MR) is 286 cm³/mol. The second-order valence-corrected chi connectivity index (χ2v) is 19.5. The van der Waals surface area contributed by atoms with Crippen molar-refractivity contribution < 1.29 is 42.9 Å². The summed E-state index contributed by atoms with van der Waals surface area (Å²) in [6.45, 7) is 4.75. The number of allylic oxidation sites excluding steroid dienone is 12. The van der Waals surface area contributed by atoms with Crippen molar-refractivity contribution in [3.05, 3.63) is 72.9 Å². The van der Waals surface area contributed by atoms with Crippen molar-refractivity contribution in [2.45, 2.75) is 238 Å². The van der Waals surface area contributed by atoms with E-state index in [9.17, 15) is 19.5 Å². The Labute approximate surface area is 417 Å². The molecule has 9 nitrogen and oxygen atoms in total. The molecule has 392 valence electrons. The monoisotopic (exact) mass is 955 g/mol. The minimum Gasteiger partial charge on any atom is -0.477 e. The Balaban J connectivity index is 4.35. The molecule has 0 spiro atoms. The molecule has 0 heterocycles. The molecule has 2 atom stereocenters. The molecule has 0 rings (SSSR count). The number of unbranched alkanes of at least 4 members (excludes halogenated alkanes) is 23. The van der Waals surface area contributed by atoms with Gasteiger partial charge in [0.25, 0.3) is 6.29 Å². The molecule has 0 saturated carbocycles. The quantitative estimate of drug-likeness (QED) is 0.0211. The van der Waals surface area contributed by atoms with Gasteiger partial charge in [-0.2, -0.15) is 0 Å². The van der Waals surface area contributed by atoms with Crippen molar-refractivity contribution >= 4 is 17.9 Å². The molecule has 2 unspecified atom stereocenters. The highest BCUT2D eigenvalue weighted by Crippen LogP contribution is 2.16. The summed E-state index contributed by atoms with van der Waals surface area (Å²) in [7, 11) is 5.95. The number of hydrogen-bond donors (Lipinski definition) is 1. The number of carboxylic acid groups (broad SMARTS) is 1. The van der Waals surface area contributed by atoms with E-state index in [0.717, 1.165) is 83.5 Å². The van der Waals surface area contributed by atoms with Crippen LogP contribution in [0.4, 0.5) is 0 Å². The zero-order valence-electron chi connectivity index (χ0n) is 44.5. The molecule has 1 N–H and O–H groups in total. The van der Waals surface area contributed by atoms with E-state index in [-0.39, 0.29) is 32.2 Å². The molecule has 0 fully saturated rings. The molecule has 0 aliphatic heterocycles. The molecule has 0 aromatic rings. The lowest BCUT2D eigenvalue weighted by atomic mass is 10.0. The van der Waals surface area contributed by atoms with Gasteiger partial charge in [-0.3, -0.25) is 9.59 Å². The van der Waals surface area contributed by atoms with Crippen molar-refractivity contribution in [2.75, 3.05) is 47.5 Å². The molecule has 0 aromatic carbocycles. The third-order valence-corrected chi connectivity index (χ3v) is 11.7. The normalized spacial score (nSPS) is 13.4. The summed E-state index contributed by atoms with van der Waals surface area (Å²) in [5.74, 6) is -2.04. The number of carboxylic acids is 1. The largest absolute Gasteiger partial charge is 0.477 e. The number of carbonyl (C=O) groups is 3. The number of carbonyl (C=O) groups excluding carboxylic acids is 2. The second kappa shape index (κ2) is 50.1. The van der Waals surface area contributed by atoms with Crippen LogP contribution in [-0.4, -0.2) is 87.4 Å². The maximum atomic E-state index is 12.8. The third-order valence-electron chi connectivity index (χ3n) is 11.7. The van der Waals surface area contributed by atoms with E-state index in [1.165, 1.54) is 109 Å². The Morgan fingerprint density at radius 1 is 0.456 bits per heavy atom. The van der Waals surface area contributed by atoms with E-state index in [1.54, 1.807) is 0 Å². The van der Waals surface area contributed by atoms with Crippen molar-refractivity contribution in [3.8, 4) is 0 Å². The molecule has 0 radical (unpaired) electrons. The fourth-order valence-corrected chi connectivity index (χ4v) is 7.49. The van der Waals surface area contributed by atoms with Crippen LogP contribution in [-0.2, 0) is 33.3 Å². The number of ether oxygens (including phenoxy) is 4. The van der Waals surface area contributed by atoms with E-state index >= 15 is 0 Å². The smallest absolute Gasteiger partial charge is 0.361 e. The van der Waals surface area contributed by atoms with Crippen LogP contribution < -0.4 is 0 Å². The molecule has 0 aromatic heterocycles. The first-order chi connectivity index (χ1) is 33.1. The predicted octanol–water partition coefficient (Wildman–Crippen LogP) is 15.8. The summed E-state index contributed by atoms with van der Waals surface area (Å²) >= 11 is 0. The van der Waals surface area contributed by atoms with Gasteiger partial charge in [-0.25, -0.2) is 4.79 Å². The molecule has 0 bridgehead atoms. The highest BCUT2D eigenvalue weighted by molar-refractivity contribution is 5.71. The highest BCUT2D eigenvalue weighted by atomic mass is 16.7. The average molecular weight is 955 g/mol. The van der Waals surface area contributed by atoms with Gasteiger partial charge in [0, 0.05) is 12.8 Å². The first-order valence-corrected chi connectivity index (χ1v) is 27.6. The van der Waals surface area contributed by atoms with Crippen LogP contribution in [0, 0.1) is 0 Å². The Morgan fingerprint density at radius 3 is 1.25 bits per heavy atom. The molecular weight excluding hydrogens is 851 g/mol. The van der Waals surface area contributed by atoms with Crippen molar-refractivity contribution in [1.82, 2.24) is 0 Å². The number of aliphatic carboxylic acids is 1. The van der Waals surface area contributed by atoms with Gasteiger partial charge in [0.2, 0.25) is 0 Å². The summed E-state index contributed by atoms with van der Waals surface area (Å²) in [5, 5.41) is 9.69. The van der Waals surface area contributed by atoms with Crippen LogP contribution in [0.25, 0.3) is 0 Å². The Hall–Kier alpha value is -3.27. The first-order valence-electron chi connectivity index (χ1n) is 27.6. The van der Waals surface area contributed by atoms with Gasteiger partial charge in [-0.15, -0.1) is 0 Å².